The fourth-order valence-electron chi connectivity index (χ4n) is 2.43. The van der Waals surface area contributed by atoms with E-state index < -0.39 is 0 Å². The molecule has 21 heavy (non-hydrogen) atoms. The van der Waals surface area contributed by atoms with E-state index in [1.165, 1.54) is 12.8 Å². The van der Waals surface area contributed by atoms with Gasteiger partial charge in [0.05, 0.1) is 12.1 Å². The van der Waals surface area contributed by atoms with Crippen LogP contribution in [0.4, 0.5) is 17.3 Å². The summed E-state index contributed by atoms with van der Waals surface area (Å²) in [5.74, 6) is 2.38. The maximum atomic E-state index is 6.12. The number of rotatable bonds is 4. The van der Waals surface area contributed by atoms with Gasteiger partial charge in [-0.25, -0.2) is 9.97 Å². The molecule has 1 aliphatic heterocycles. The lowest BCUT2D eigenvalue weighted by atomic mass is 10.3. The Balaban J connectivity index is 1.78. The number of hydrogen-bond donors (Lipinski definition) is 1. The van der Waals surface area contributed by atoms with Crippen molar-refractivity contribution in [2.45, 2.75) is 12.8 Å². The first kappa shape index (κ1) is 13.9. The quantitative estimate of drug-likeness (QED) is 0.937. The van der Waals surface area contributed by atoms with Gasteiger partial charge in [0.25, 0.3) is 0 Å². The van der Waals surface area contributed by atoms with Crippen molar-refractivity contribution in [2.24, 2.45) is 0 Å². The summed E-state index contributed by atoms with van der Waals surface area (Å²) in [4.78, 5) is 10.9. The van der Waals surface area contributed by atoms with E-state index in [4.69, 9.17) is 16.3 Å². The molecule has 5 nitrogen and oxygen atoms in total. The standard InChI is InChI=1S/C15H17ClN4O/c1-21-13-5-4-11(8-12(13)16)19-14-9-15(18-10-17-14)20-6-2-3-7-20/h4-5,8-10H,2-3,6-7H2,1H3,(H,17,18,19). The van der Waals surface area contributed by atoms with E-state index in [1.54, 1.807) is 13.4 Å². The minimum Gasteiger partial charge on any atom is -0.495 e. The number of benzene rings is 1. The molecule has 6 heteroatoms. The second kappa shape index (κ2) is 6.18. The number of nitrogens with one attached hydrogen (secondary N) is 1. The zero-order valence-corrected chi connectivity index (χ0v) is 12.6. The van der Waals surface area contributed by atoms with Gasteiger partial charge in [0.2, 0.25) is 0 Å². The number of methoxy groups -OCH3 is 1. The van der Waals surface area contributed by atoms with Crippen molar-refractivity contribution in [3.05, 3.63) is 35.6 Å². The van der Waals surface area contributed by atoms with Gasteiger partial charge in [-0.1, -0.05) is 11.6 Å². The van der Waals surface area contributed by atoms with E-state index in [-0.39, 0.29) is 0 Å². The van der Waals surface area contributed by atoms with Crippen LogP contribution in [-0.4, -0.2) is 30.2 Å². The summed E-state index contributed by atoms with van der Waals surface area (Å²) in [7, 11) is 1.60. The highest BCUT2D eigenvalue weighted by atomic mass is 35.5. The first-order chi connectivity index (χ1) is 10.3. The van der Waals surface area contributed by atoms with Crippen LogP contribution in [0.3, 0.4) is 0 Å². The lowest BCUT2D eigenvalue weighted by Gasteiger charge is -2.16. The Bertz CT molecular complexity index is 629. The van der Waals surface area contributed by atoms with E-state index in [0.717, 1.165) is 30.4 Å². The van der Waals surface area contributed by atoms with Crippen molar-refractivity contribution in [3.63, 3.8) is 0 Å². The van der Waals surface area contributed by atoms with Gasteiger partial charge in [-0.05, 0) is 31.0 Å². The second-order valence-electron chi connectivity index (χ2n) is 4.93. The average Bonchev–Trinajstić information content (AvgIpc) is 3.02. The Morgan fingerprint density at radius 3 is 2.71 bits per heavy atom. The van der Waals surface area contributed by atoms with Gasteiger partial charge in [-0.3, -0.25) is 0 Å². The molecule has 3 rings (SSSR count). The number of aromatic nitrogens is 2. The van der Waals surface area contributed by atoms with Crippen LogP contribution in [0.25, 0.3) is 0 Å². The largest absolute Gasteiger partial charge is 0.495 e. The van der Waals surface area contributed by atoms with Gasteiger partial charge in [-0.2, -0.15) is 0 Å². The lowest BCUT2D eigenvalue weighted by molar-refractivity contribution is 0.415. The summed E-state index contributed by atoms with van der Waals surface area (Å²) in [6.45, 7) is 2.12. The van der Waals surface area contributed by atoms with Crippen LogP contribution < -0.4 is 15.0 Å². The van der Waals surface area contributed by atoms with Gasteiger partial charge in [-0.15, -0.1) is 0 Å². The summed E-state index contributed by atoms with van der Waals surface area (Å²) >= 11 is 6.12. The Hall–Kier alpha value is -2.01. The summed E-state index contributed by atoms with van der Waals surface area (Å²) in [6.07, 6.45) is 4.03. The van der Waals surface area contributed by atoms with Crippen molar-refractivity contribution < 1.29 is 4.74 Å². The first-order valence-corrected chi connectivity index (χ1v) is 7.31. The minimum absolute atomic E-state index is 0.566. The molecule has 110 valence electrons. The summed E-state index contributed by atoms with van der Waals surface area (Å²) in [6, 6.07) is 7.51. The van der Waals surface area contributed by atoms with Crippen LogP contribution in [0, 0.1) is 0 Å². The Morgan fingerprint density at radius 1 is 1.19 bits per heavy atom. The maximum absolute atomic E-state index is 6.12. The van der Waals surface area contributed by atoms with Crippen LogP contribution in [0.15, 0.2) is 30.6 Å². The van der Waals surface area contributed by atoms with Crippen molar-refractivity contribution in [1.29, 1.82) is 0 Å². The van der Waals surface area contributed by atoms with Crippen LogP contribution in [0.1, 0.15) is 12.8 Å². The van der Waals surface area contributed by atoms with Gasteiger partial charge in [0, 0.05) is 24.8 Å². The fraction of sp³-hybridized carbons (Fsp3) is 0.333. The molecule has 1 aromatic heterocycles. The highest BCUT2D eigenvalue weighted by Crippen LogP contribution is 2.29. The summed E-state index contributed by atoms with van der Waals surface area (Å²) < 4.78 is 5.14. The first-order valence-electron chi connectivity index (χ1n) is 6.94. The molecule has 0 atom stereocenters. The zero-order valence-electron chi connectivity index (χ0n) is 11.8. The Kier molecular flexibility index (Phi) is 4.10. The Labute approximate surface area is 128 Å². The molecule has 0 spiro atoms. The van der Waals surface area contributed by atoms with E-state index in [0.29, 0.717) is 10.8 Å². The molecule has 1 fully saturated rings. The van der Waals surface area contributed by atoms with Crippen molar-refractivity contribution in [2.75, 3.05) is 30.4 Å². The number of halogens is 1. The molecule has 1 aliphatic rings. The third-order valence-electron chi connectivity index (χ3n) is 3.51. The fourth-order valence-corrected chi connectivity index (χ4v) is 2.68. The number of ether oxygens (including phenoxy) is 1. The van der Waals surface area contributed by atoms with E-state index in [2.05, 4.69) is 20.2 Å². The smallest absolute Gasteiger partial charge is 0.137 e. The van der Waals surface area contributed by atoms with Crippen molar-refractivity contribution in [3.8, 4) is 5.75 Å². The van der Waals surface area contributed by atoms with Gasteiger partial charge < -0.3 is 15.0 Å². The zero-order chi connectivity index (χ0) is 14.7. The second-order valence-corrected chi connectivity index (χ2v) is 5.34. The Morgan fingerprint density at radius 2 is 2.00 bits per heavy atom. The molecule has 1 aromatic carbocycles. The molecule has 0 saturated carbocycles. The van der Waals surface area contributed by atoms with Crippen molar-refractivity contribution in [1.82, 2.24) is 9.97 Å². The van der Waals surface area contributed by atoms with E-state index in [9.17, 15) is 0 Å². The maximum Gasteiger partial charge on any atom is 0.137 e. The highest BCUT2D eigenvalue weighted by molar-refractivity contribution is 6.32. The van der Waals surface area contributed by atoms with Crippen LogP contribution >= 0.6 is 11.6 Å². The van der Waals surface area contributed by atoms with Gasteiger partial charge >= 0.3 is 0 Å². The topological polar surface area (TPSA) is 50.3 Å². The van der Waals surface area contributed by atoms with Crippen LogP contribution in [0.2, 0.25) is 5.02 Å². The number of anilines is 3. The van der Waals surface area contributed by atoms with Crippen molar-refractivity contribution >= 4 is 28.9 Å². The summed E-state index contributed by atoms with van der Waals surface area (Å²) in [5, 5.41) is 3.81. The molecular formula is C15H17ClN4O. The predicted molar refractivity (Wildman–Crippen MR) is 84.8 cm³/mol. The van der Waals surface area contributed by atoms with Crippen LogP contribution in [-0.2, 0) is 0 Å². The molecule has 2 heterocycles. The molecule has 1 saturated heterocycles. The van der Waals surface area contributed by atoms with Crippen LogP contribution in [0.5, 0.6) is 5.75 Å². The number of hydrogen-bond acceptors (Lipinski definition) is 5. The van der Waals surface area contributed by atoms with Gasteiger partial charge in [0.1, 0.15) is 23.7 Å². The molecule has 0 bridgehead atoms. The molecule has 0 radical (unpaired) electrons. The lowest BCUT2D eigenvalue weighted by Crippen LogP contribution is -2.19. The molecular weight excluding hydrogens is 288 g/mol. The van der Waals surface area contributed by atoms with E-state index >= 15 is 0 Å². The highest BCUT2D eigenvalue weighted by Gasteiger charge is 2.14. The molecule has 0 unspecified atom stereocenters. The monoisotopic (exact) mass is 304 g/mol. The average molecular weight is 305 g/mol. The number of nitrogens with zero attached hydrogens (tertiary/aromatic N) is 3. The summed E-state index contributed by atoms with van der Waals surface area (Å²) in [5.41, 5.74) is 0.867. The SMILES string of the molecule is COc1ccc(Nc2cc(N3CCCC3)ncn2)cc1Cl. The molecule has 2 aromatic rings. The molecule has 1 N–H and O–H groups in total. The van der Waals surface area contributed by atoms with Gasteiger partial charge in [0.15, 0.2) is 0 Å². The predicted octanol–water partition coefficient (Wildman–Crippen LogP) is 3.48. The molecule has 0 amide bonds. The normalized spacial score (nSPS) is 14.3. The molecule has 0 aliphatic carbocycles. The minimum atomic E-state index is 0.566. The third kappa shape index (κ3) is 3.19. The third-order valence-corrected chi connectivity index (χ3v) is 3.80. The van der Waals surface area contributed by atoms with E-state index in [1.807, 2.05) is 24.3 Å².